The van der Waals surface area contributed by atoms with E-state index < -0.39 is 58.6 Å². The molecule has 13 heteroatoms. The molecule has 0 radical (unpaired) electrons. The number of rotatable bonds is 9. The average Bonchev–Trinajstić information content (AvgIpc) is 3.23. The molecule has 2 aliphatic rings. The molecule has 1 fully saturated rings. The van der Waals surface area contributed by atoms with E-state index in [1.165, 1.54) is 11.0 Å². The van der Waals surface area contributed by atoms with Crippen molar-refractivity contribution >= 4 is 44.5 Å². The first-order chi connectivity index (χ1) is 21.0. The molecule has 0 aromatic heterocycles. The molecule has 3 aromatic carbocycles. The lowest BCUT2D eigenvalue weighted by Gasteiger charge is -2.26. The van der Waals surface area contributed by atoms with E-state index in [2.05, 4.69) is 20.1 Å². The number of fused-ring (bicyclic) bond motifs is 1. The fourth-order valence-electron chi connectivity index (χ4n) is 5.16. The van der Waals surface area contributed by atoms with Gasteiger partial charge in [-0.3, -0.25) is 19.2 Å². The Bertz CT molecular complexity index is 1760. The minimum Gasteiger partial charge on any atom is -0.434 e. The number of carbonyl (C=O) groups is 4. The lowest BCUT2D eigenvalue weighted by molar-refractivity contribution is -0.155. The van der Waals surface area contributed by atoms with Gasteiger partial charge in [0.1, 0.15) is 12.1 Å². The summed E-state index contributed by atoms with van der Waals surface area (Å²) >= 11 is 0. The van der Waals surface area contributed by atoms with Crippen LogP contribution < -0.4 is 15.4 Å². The molecule has 0 spiro atoms. The van der Waals surface area contributed by atoms with Gasteiger partial charge in [0.15, 0.2) is 0 Å². The zero-order valence-electron chi connectivity index (χ0n) is 23.9. The highest BCUT2D eigenvalue weighted by atomic mass is 32.2. The quantitative estimate of drug-likeness (QED) is 0.204. The van der Waals surface area contributed by atoms with Crippen LogP contribution in [0, 0.1) is 6.92 Å². The van der Waals surface area contributed by atoms with Gasteiger partial charge in [-0.15, -0.1) is 0 Å². The van der Waals surface area contributed by atoms with Crippen molar-refractivity contribution in [2.45, 2.75) is 43.0 Å². The molecule has 3 unspecified atom stereocenters. The van der Waals surface area contributed by atoms with Gasteiger partial charge in [-0.1, -0.05) is 54.6 Å². The van der Waals surface area contributed by atoms with Crippen LogP contribution in [0.4, 0.5) is 0 Å². The molecule has 1 saturated heterocycles. The Morgan fingerprint density at radius 1 is 1.00 bits per heavy atom. The maximum Gasteiger partial charge on any atom is 0.310 e. The Kier molecular flexibility index (Phi) is 9.09. The summed E-state index contributed by atoms with van der Waals surface area (Å²) in [5.41, 5.74) is 1.42. The Hall–Kier alpha value is -4.59. The minimum absolute atomic E-state index is 0.0569. The van der Waals surface area contributed by atoms with Crippen molar-refractivity contribution < 1.29 is 37.4 Å². The number of ether oxygens (including phenoxy) is 1. The summed E-state index contributed by atoms with van der Waals surface area (Å²) < 4.78 is 33.2. The van der Waals surface area contributed by atoms with E-state index in [4.69, 9.17) is 0 Å². The predicted molar refractivity (Wildman–Crippen MR) is 159 cm³/mol. The maximum atomic E-state index is 13.7. The van der Waals surface area contributed by atoms with Gasteiger partial charge < -0.3 is 25.4 Å². The minimum atomic E-state index is -3.89. The van der Waals surface area contributed by atoms with Crippen LogP contribution in [0.1, 0.15) is 28.8 Å². The van der Waals surface area contributed by atoms with Crippen molar-refractivity contribution in [3.8, 4) is 0 Å². The van der Waals surface area contributed by atoms with Crippen LogP contribution in [0.15, 0.2) is 83.3 Å². The first-order valence-corrected chi connectivity index (χ1v) is 15.5. The highest BCUT2D eigenvalue weighted by Gasteiger charge is 2.36. The number of hydrogen-bond donors (Lipinski definition) is 4. The first-order valence-electron chi connectivity index (χ1n) is 14.0. The third-order valence-electron chi connectivity index (χ3n) is 7.50. The van der Waals surface area contributed by atoms with Crippen LogP contribution >= 0.6 is 0 Å². The van der Waals surface area contributed by atoms with Gasteiger partial charge in [-0.25, -0.2) is 13.1 Å². The summed E-state index contributed by atoms with van der Waals surface area (Å²) in [7, 11) is -3.89. The molecule has 230 valence electrons. The number of cyclic esters (lactones) is 1. The van der Waals surface area contributed by atoms with Crippen molar-refractivity contribution in [2.24, 2.45) is 0 Å². The van der Waals surface area contributed by atoms with Crippen LogP contribution in [0.3, 0.4) is 0 Å². The van der Waals surface area contributed by atoms with Gasteiger partial charge in [0.05, 0.1) is 17.9 Å². The number of aliphatic hydroxyl groups excluding tert-OH is 1. The fraction of sp³-hybridized carbons (Fsp3) is 0.290. The zero-order valence-corrected chi connectivity index (χ0v) is 24.7. The molecule has 4 N–H and O–H groups in total. The Labute approximate surface area is 254 Å². The van der Waals surface area contributed by atoms with Crippen LogP contribution in [0.25, 0.3) is 10.8 Å². The lowest BCUT2D eigenvalue weighted by Crippen LogP contribution is -2.52. The van der Waals surface area contributed by atoms with Crippen LogP contribution in [-0.4, -0.2) is 80.1 Å². The van der Waals surface area contributed by atoms with Crippen molar-refractivity contribution in [3.63, 3.8) is 0 Å². The van der Waals surface area contributed by atoms with Crippen molar-refractivity contribution in [3.05, 3.63) is 89.5 Å². The predicted octanol–water partition coefficient (Wildman–Crippen LogP) is 1.13. The number of aliphatic hydroxyl groups is 1. The Morgan fingerprint density at radius 3 is 2.45 bits per heavy atom. The molecule has 0 saturated carbocycles. The van der Waals surface area contributed by atoms with Gasteiger partial charge in [0.2, 0.25) is 28.1 Å². The highest BCUT2D eigenvalue weighted by Crippen LogP contribution is 2.19. The molecule has 12 nitrogen and oxygen atoms in total. The normalized spacial score (nSPS) is 20.5. The standard InChI is InChI=1S/C31H32N4O8S/c1-19-6-2-5-9-26(19)44(41,42)32-16-20-10-13-24(34-29(38)23-12-11-21-7-3-4-8-22(21)14-23)30(39)35(17-20)18-27(36)33-25-15-28(37)43-31(25)40/h2-12,14,24-25,31-32,40H,13,15-18H2,1H3,(H,33,36)(H,34,38). The second kappa shape index (κ2) is 13.0. The fourth-order valence-corrected chi connectivity index (χ4v) is 6.45. The molecule has 3 atom stereocenters. The van der Waals surface area contributed by atoms with Crippen molar-refractivity contribution in [1.29, 1.82) is 0 Å². The Morgan fingerprint density at radius 2 is 1.73 bits per heavy atom. The second-order valence-electron chi connectivity index (χ2n) is 10.7. The smallest absolute Gasteiger partial charge is 0.310 e. The van der Waals surface area contributed by atoms with Gasteiger partial charge in [0.25, 0.3) is 5.91 Å². The van der Waals surface area contributed by atoms with Gasteiger partial charge >= 0.3 is 5.97 Å². The molecule has 0 bridgehead atoms. The van der Waals surface area contributed by atoms with Crippen LogP contribution in [0.5, 0.6) is 0 Å². The van der Waals surface area contributed by atoms with Crippen molar-refractivity contribution in [1.82, 2.24) is 20.3 Å². The van der Waals surface area contributed by atoms with Crippen LogP contribution in [0.2, 0.25) is 0 Å². The third kappa shape index (κ3) is 7.13. The number of sulfonamides is 1. The summed E-state index contributed by atoms with van der Waals surface area (Å²) in [5.74, 6) is -2.37. The number of aryl methyl sites for hydroxylation is 1. The number of carbonyl (C=O) groups excluding carboxylic acids is 4. The Balaban J connectivity index is 1.34. The molecule has 2 heterocycles. The second-order valence-corrected chi connectivity index (χ2v) is 12.5. The highest BCUT2D eigenvalue weighted by molar-refractivity contribution is 7.89. The summed E-state index contributed by atoms with van der Waals surface area (Å²) in [4.78, 5) is 52.6. The summed E-state index contributed by atoms with van der Waals surface area (Å²) in [5, 5.41) is 16.9. The van der Waals surface area contributed by atoms with E-state index in [9.17, 15) is 32.7 Å². The number of nitrogens with zero attached hydrogens (tertiary/aromatic N) is 1. The average molecular weight is 621 g/mol. The summed E-state index contributed by atoms with van der Waals surface area (Å²) in [6, 6.07) is 17.2. The molecule has 3 amide bonds. The summed E-state index contributed by atoms with van der Waals surface area (Å²) in [6.07, 6.45) is -0.000599. The number of amides is 3. The molecular formula is C31H32N4O8S. The first kappa shape index (κ1) is 30.9. The molecule has 44 heavy (non-hydrogen) atoms. The van der Waals surface area contributed by atoms with Gasteiger partial charge in [-0.05, 0) is 53.5 Å². The molecule has 2 aliphatic heterocycles. The number of hydrogen-bond acceptors (Lipinski definition) is 8. The molecule has 5 rings (SSSR count). The zero-order chi connectivity index (χ0) is 31.4. The third-order valence-corrected chi connectivity index (χ3v) is 9.06. The maximum absolute atomic E-state index is 13.7. The van der Waals surface area contributed by atoms with E-state index in [0.29, 0.717) is 16.7 Å². The molecular weight excluding hydrogens is 588 g/mol. The largest absolute Gasteiger partial charge is 0.434 e. The monoisotopic (exact) mass is 620 g/mol. The van der Waals surface area contributed by atoms with Crippen molar-refractivity contribution in [2.75, 3.05) is 19.6 Å². The number of benzene rings is 3. The molecule has 0 aliphatic carbocycles. The van der Waals surface area contributed by atoms with E-state index in [-0.39, 0.29) is 30.8 Å². The lowest BCUT2D eigenvalue weighted by atomic mass is 10.1. The van der Waals surface area contributed by atoms with Gasteiger partial charge in [0, 0.05) is 18.7 Å². The number of nitrogens with one attached hydrogen (secondary N) is 3. The van der Waals surface area contributed by atoms with E-state index >= 15 is 0 Å². The van der Waals surface area contributed by atoms with E-state index in [1.807, 2.05) is 24.3 Å². The topological polar surface area (TPSA) is 171 Å². The van der Waals surface area contributed by atoms with E-state index in [1.54, 1.807) is 49.4 Å². The number of esters is 1. The van der Waals surface area contributed by atoms with E-state index in [0.717, 1.165) is 10.8 Å². The van der Waals surface area contributed by atoms with Crippen LogP contribution in [-0.2, 0) is 29.1 Å². The SMILES string of the molecule is Cc1ccccc1S(=O)(=O)NCC1=CCC(NC(=O)c2ccc3ccccc3c2)C(=O)N(CC(=O)NC2CC(=O)OC2O)C1. The van der Waals surface area contributed by atoms with Gasteiger partial charge in [-0.2, -0.15) is 0 Å². The molecule has 3 aromatic rings. The summed E-state index contributed by atoms with van der Waals surface area (Å²) in [6.45, 7) is 0.965.